The number of hydrogen-bond acceptors (Lipinski definition) is 6. The van der Waals surface area contributed by atoms with E-state index in [0.717, 1.165) is 9.13 Å². The van der Waals surface area contributed by atoms with Gasteiger partial charge in [0.05, 0.1) is 11.1 Å². The van der Waals surface area contributed by atoms with Crippen LogP contribution in [0.1, 0.15) is 47.1 Å². The zero-order valence-corrected chi connectivity index (χ0v) is 19.3. The molecule has 0 aliphatic carbocycles. The van der Waals surface area contributed by atoms with Crippen LogP contribution in [0.2, 0.25) is 0 Å². The molecule has 162 valence electrons. The van der Waals surface area contributed by atoms with Crippen molar-refractivity contribution in [3.8, 4) is 0 Å². The summed E-state index contributed by atoms with van der Waals surface area (Å²) in [6, 6.07) is 12.3. The van der Waals surface area contributed by atoms with E-state index in [-0.39, 0.29) is 17.5 Å². The van der Waals surface area contributed by atoms with Crippen molar-refractivity contribution in [3.63, 3.8) is 0 Å². The number of halogens is 1. The largest absolute Gasteiger partial charge is 0.444 e. The number of imide groups is 1. The quantitative estimate of drug-likeness (QED) is 0.464. The summed E-state index contributed by atoms with van der Waals surface area (Å²) < 4.78 is 6.24. The van der Waals surface area contributed by atoms with Gasteiger partial charge in [0.25, 0.3) is 11.8 Å². The van der Waals surface area contributed by atoms with Crippen molar-refractivity contribution in [1.82, 2.24) is 10.4 Å². The van der Waals surface area contributed by atoms with Crippen molar-refractivity contribution >= 4 is 46.5 Å². The summed E-state index contributed by atoms with van der Waals surface area (Å²) in [6.07, 6.45) is -0.736. The number of rotatable bonds is 5. The first-order valence-electron chi connectivity index (χ1n) is 9.49. The summed E-state index contributed by atoms with van der Waals surface area (Å²) in [5, 5.41) is 2.90. The third-order valence-corrected chi connectivity index (χ3v) is 4.99. The van der Waals surface area contributed by atoms with Gasteiger partial charge in [-0.15, -0.1) is 0 Å². The molecule has 3 amide bonds. The molecule has 3 rings (SSSR count). The van der Waals surface area contributed by atoms with Crippen LogP contribution in [0.25, 0.3) is 0 Å². The van der Waals surface area contributed by atoms with Crippen LogP contribution in [-0.2, 0) is 20.8 Å². The lowest BCUT2D eigenvalue weighted by atomic mass is 10.1. The third kappa shape index (κ3) is 5.60. The molecule has 31 heavy (non-hydrogen) atoms. The summed E-state index contributed by atoms with van der Waals surface area (Å²) >= 11 is 2.15. The molecule has 1 N–H and O–H groups in total. The lowest BCUT2D eigenvalue weighted by Crippen LogP contribution is -2.48. The fourth-order valence-electron chi connectivity index (χ4n) is 2.90. The maximum absolute atomic E-state index is 12.9. The normalized spacial score (nSPS) is 14.1. The molecule has 0 saturated carbocycles. The highest BCUT2D eigenvalue weighted by Gasteiger charge is 2.40. The molecule has 9 heteroatoms. The first-order valence-corrected chi connectivity index (χ1v) is 10.6. The number of nitrogens with zero attached hydrogens (tertiary/aromatic N) is 1. The third-order valence-electron chi connectivity index (χ3n) is 4.27. The molecular weight excluding hydrogens is 515 g/mol. The van der Waals surface area contributed by atoms with Crippen molar-refractivity contribution in [3.05, 3.63) is 68.8 Å². The Labute approximate surface area is 193 Å². The molecule has 0 saturated heterocycles. The second-order valence-electron chi connectivity index (χ2n) is 7.89. The molecule has 1 aliphatic heterocycles. The molecule has 8 nitrogen and oxygen atoms in total. The number of carbonyl (C=O) groups is 4. The summed E-state index contributed by atoms with van der Waals surface area (Å²) in [7, 11) is 0. The smallest absolute Gasteiger partial charge is 0.408 e. The van der Waals surface area contributed by atoms with Gasteiger partial charge < -0.3 is 14.9 Å². The lowest BCUT2D eigenvalue weighted by molar-refractivity contribution is -0.171. The standard InChI is InChI=1S/C22H21IN2O6/c1-22(2,3)30-21(29)24-17(12-13-8-10-14(23)11-9-13)20(28)31-25-18(26)15-6-4-5-7-16(15)19(25)27/h4-11,17H,12H2,1-3H3,(H,24,29)/t17-/m0/s1. The van der Waals surface area contributed by atoms with Gasteiger partial charge in [-0.25, -0.2) is 9.59 Å². The zero-order chi connectivity index (χ0) is 22.8. The number of hydroxylamine groups is 2. The number of carbonyl (C=O) groups excluding carboxylic acids is 4. The van der Waals surface area contributed by atoms with Gasteiger partial charge in [0, 0.05) is 9.99 Å². The Morgan fingerprint density at radius 1 is 1.00 bits per heavy atom. The zero-order valence-electron chi connectivity index (χ0n) is 17.2. The second kappa shape index (κ2) is 9.04. The van der Waals surface area contributed by atoms with Crippen LogP contribution in [0.3, 0.4) is 0 Å². The van der Waals surface area contributed by atoms with Gasteiger partial charge >= 0.3 is 12.1 Å². The van der Waals surface area contributed by atoms with Gasteiger partial charge in [-0.3, -0.25) is 9.59 Å². The maximum atomic E-state index is 12.9. The Kier molecular flexibility index (Phi) is 6.63. The fourth-order valence-corrected chi connectivity index (χ4v) is 3.26. The Bertz CT molecular complexity index is 994. The predicted molar refractivity (Wildman–Crippen MR) is 119 cm³/mol. The average Bonchev–Trinajstić information content (AvgIpc) is 2.93. The van der Waals surface area contributed by atoms with E-state index in [1.807, 2.05) is 12.1 Å². The number of nitrogens with one attached hydrogen (secondary N) is 1. The van der Waals surface area contributed by atoms with Crippen LogP contribution >= 0.6 is 22.6 Å². The van der Waals surface area contributed by atoms with E-state index >= 15 is 0 Å². The SMILES string of the molecule is CC(C)(C)OC(=O)N[C@@H](Cc1ccc(I)cc1)C(=O)ON1C(=O)c2ccccc2C1=O. The fraction of sp³-hybridized carbons (Fsp3) is 0.273. The van der Waals surface area contributed by atoms with Crippen molar-refractivity contribution in [2.45, 2.75) is 38.8 Å². The van der Waals surface area contributed by atoms with E-state index in [1.165, 1.54) is 12.1 Å². The number of amides is 3. The van der Waals surface area contributed by atoms with Crippen LogP contribution in [-0.4, -0.2) is 40.6 Å². The molecule has 1 heterocycles. The Hall–Kier alpha value is -2.95. The van der Waals surface area contributed by atoms with Crippen LogP contribution in [0.15, 0.2) is 48.5 Å². The molecule has 2 aromatic rings. The molecule has 0 aromatic heterocycles. The molecule has 0 radical (unpaired) electrons. The van der Waals surface area contributed by atoms with Gasteiger partial charge in [0.15, 0.2) is 0 Å². The van der Waals surface area contributed by atoms with E-state index in [0.29, 0.717) is 5.06 Å². The topological polar surface area (TPSA) is 102 Å². The van der Waals surface area contributed by atoms with Crippen molar-refractivity contribution in [2.75, 3.05) is 0 Å². The van der Waals surface area contributed by atoms with Gasteiger partial charge in [-0.1, -0.05) is 29.3 Å². The summed E-state index contributed by atoms with van der Waals surface area (Å²) in [5.74, 6) is -2.43. The average molecular weight is 536 g/mol. The highest BCUT2D eigenvalue weighted by Crippen LogP contribution is 2.23. The second-order valence-corrected chi connectivity index (χ2v) is 9.14. The van der Waals surface area contributed by atoms with E-state index in [2.05, 4.69) is 27.9 Å². The van der Waals surface area contributed by atoms with Gasteiger partial charge in [0.2, 0.25) is 0 Å². The summed E-state index contributed by atoms with van der Waals surface area (Å²) in [6.45, 7) is 5.08. The van der Waals surface area contributed by atoms with Crippen molar-refractivity contribution in [2.24, 2.45) is 0 Å². The van der Waals surface area contributed by atoms with Gasteiger partial charge in [-0.2, -0.15) is 0 Å². The highest BCUT2D eigenvalue weighted by molar-refractivity contribution is 14.1. The first kappa shape index (κ1) is 22.7. The minimum Gasteiger partial charge on any atom is -0.444 e. The molecule has 1 atom stereocenters. The number of ether oxygens (including phenoxy) is 1. The monoisotopic (exact) mass is 536 g/mol. The van der Waals surface area contributed by atoms with E-state index in [1.54, 1.807) is 45.0 Å². The first-order chi connectivity index (χ1) is 14.5. The number of hydrogen-bond donors (Lipinski definition) is 1. The number of fused-ring (bicyclic) bond motifs is 1. The number of benzene rings is 2. The lowest BCUT2D eigenvalue weighted by Gasteiger charge is -2.23. The van der Waals surface area contributed by atoms with Crippen LogP contribution in [0.4, 0.5) is 4.79 Å². The van der Waals surface area contributed by atoms with Gasteiger partial charge in [-0.05, 0) is 73.2 Å². The highest BCUT2D eigenvalue weighted by atomic mass is 127. The molecule has 2 aromatic carbocycles. The van der Waals surface area contributed by atoms with E-state index in [4.69, 9.17) is 9.57 Å². The van der Waals surface area contributed by atoms with E-state index in [9.17, 15) is 19.2 Å². The number of alkyl carbamates (subject to hydrolysis) is 1. The maximum Gasteiger partial charge on any atom is 0.408 e. The Morgan fingerprint density at radius 2 is 1.55 bits per heavy atom. The molecule has 0 bridgehead atoms. The minimum atomic E-state index is -1.18. The summed E-state index contributed by atoms with van der Waals surface area (Å²) in [4.78, 5) is 55.2. The van der Waals surface area contributed by atoms with Crippen molar-refractivity contribution < 1.29 is 28.8 Å². The summed E-state index contributed by atoms with van der Waals surface area (Å²) in [5.41, 5.74) is 0.272. The molecule has 0 fully saturated rings. The van der Waals surface area contributed by atoms with Crippen LogP contribution in [0, 0.1) is 3.57 Å². The van der Waals surface area contributed by atoms with E-state index < -0.39 is 35.5 Å². The molecule has 0 unspecified atom stereocenters. The minimum absolute atomic E-state index is 0.0815. The van der Waals surface area contributed by atoms with Gasteiger partial charge in [0.1, 0.15) is 11.6 Å². The molecule has 1 aliphatic rings. The molecular formula is C22H21IN2O6. The Balaban J connectivity index is 1.78. The van der Waals surface area contributed by atoms with Crippen molar-refractivity contribution in [1.29, 1.82) is 0 Å². The predicted octanol–water partition coefficient (Wildman–Crippen LogP) is 3.48. The molecule has 0 spiro atoms. The van der Waals surface area contributed by atoms with Crippen LogP contribution in [0.5, 0.6) is 0 Å². The Morgan fingerprint density at radius 3 is 2.06 bits per heavy atom. The van der Waals surface area contributed by atoms with Crippen LogP contribution < -0.4 is 5.32 Å².